The number of ketones is 1. The van der Waals surface area contributed by atoms with E-state index in [2.05, 4.69) is 5.32 Å². The minimum atomic E-state index is 0.00407. The average molecular weight is 272 g/mol. The molecule has 0 spiro atoms. The Bertz CT molecular complexity index is 414. The summed E-state index contributed by atoms with van der Waals surface area (Å²) >= 11 is 11.8. The highest BCUT2D eigenvalue weighted by atomic mass is 35.5. The van der Waals surface area contributed by atoms with Crippen molar-refractivity contribution in [1.29, 1.82) is 0 Å². The Morgan fingerprint density at radius 1 is 1.29 bits per heavy atom. The lowest BCUT2D eigenvalue weighted by molar-refractivity contribution is 0.0987. The molecule has 4 heteroatoms. The van der Waals surface area contributed by atoms with Crippen LogP contribution in [0.3, 0.4) is 0 Å². The van der Waals surface area contributed by atoms with Crippen LogP contribution in [-0.2, 0) is 0 Å². The zero-order valence-corrected chi connectivity index (χ0v) is 11.0. The first kappa shape index (κ1) is 12.9. The van der Waals surface area contributed by atoms with Gasteiger partial charge >= 0.3 is 0 Å². The van der Waals surface area contributed by atoms with Gasteiger partial charge in [0.15, 0.2) is 5.78 Å². The molecule has 2 rings (SSSR count). The van der Waals surface area contributed by atoms with E-state index in [9.17, 15) is 4.79 Å². The minimum Gasteiger partial charge on any atom is -0.307 e. The highest BCUT2D eigenvalue weighted by molar-refractivity contribution is 6.36. The first-order chi connectivity index (χ1) is 8.16. The Morgan fingerprint density at radius 3 is 2.71 bits per heavy atom. The summed E-state index contributed by atoms with van der Waals surface area (Å²) in [5, 5.41) is 4.28. The lowest BCUT2D eigenvalue weighted by Gasteiger charge is -2.11. The van der Waals surface area contributed by atoms with E-state index in [1.54, 1.807) is 18.2 Å². The monoisotopic (exact) mass is 271 g/mol. The maximum absolute atomic E-state index is 12.0. The largest absolute Gasteiger partial charge is 0.307 e. The van der Waals surface area contributed by atoms with Crippen LogP contribution in [0.2, 0.25) is 10.0 Å². The summed E-state index contributed by atoms with van der Waals surface area (Å²) in [6.07, 6.45) is 4.83. The van der Waals surface area contributed by atoms with E-state index in [4.69, 9.17) is 23.2 Å². The molecule has 1 aliphatic rings. The highest BCUT2D eigenvalue weighted by Gasteiger charge is 2.17. The standard InChI is InChI=1S/C13H15Cl2NO/c14-9-5-6-12(15)11(7-9)13(17)8-16-10-3-1-2-4-10/h5-7,10,16H,1-4,8H2. The summed E-state index contributed by atoms with van der Waals surface area (Å²) in [6, 6.07) is 5.46. The summed E-state index contributed by atoms with van der Waals surface area (Å²) in [5.41, 5.74) is 0.504. The average Bonchev–Trinajstić information content (AvgIpc) is 2.82. The molecule has 1 N–H and O–H groups in total. The second kappa shape index (κ2) is 5.85. The summed E-state index contributed by atoms with van der Waals surface area (Å²) in [4.78, 5) is 12.0. The van der Waals surface area contributed by atoms with E-state index in [-0.39, 0.29) is 5.78 Å². The van der Waals surface area contributed by atoms with Crippen molar-refractivity contribution in [2.45, 2.75) is 31.7 Å². The van der Waals surface area contributed by atoms with Gasteiger partial charge in [-0.1, -0.05) is 36.0 Å². The van der Waals surface area contributed by atoms with Crippen LogP contribution in [0.4, 0.5) is 0 Å². The van der Waals surface area contributed by atoms with Crippen LogP contribution in [0.1, 0.15) is 36.0 Å². The number of rotatable bonds is 4. The van der Waals surface area contributed by atoms with Gasteiger partial charge in [-0.15, -0.1) is 0 Å². The fraction of sp³-hybridized carbons (Fsp3) is 0.462. The second-order valence-electron chi connectivity index (χ2n) is 4.41. The Labute approximate surface area is 111 Å². The minimum absolute atomic E-state index is 0.00407. The molecule has 1 saturated carbocycles. The molecule has 0 saturated heterocycles. The summed E-state index contributed by atoms with van der Waals surface area (Å²) < 4.78 is 0. The van der Waals surface area contributed by atoms with E-state index in [1.807, 2.05) is 0 Å². The third-order valence-corrected chi connectivity index (χ3v) is 3.70. The second-order valence-corrected chi connectivity index (χ2v) is 5.25. The van der Waals surface area contributed by atoms with Crippen LogP contribution in [0.5, 0.6) is 0 Å². The molecule has 0 aromatic heterocycles. The number of hydrogen-bond acceptors (Lipinski definition) is 2. The number of halogens is 2. The summed E-state index contributed by atoms with van der Waals surface area (Å²) in [6.45, 7) is 0.338. The number of hydrogen-bond donors (Lipinski definition) is 1. The number of carbonyl (C=O) groups is 1. The van der Waals surface area contributed by atoms with E-state index in [0.717, 1.165) is 12.8 Å². The molecule has 1 aliphatic carbocycles. The number of nitrogens with one attached hydrogen (secondary N) is 1. The van der Waals surface area contributed by atoms with Gasteiger partial charge in [0.1, 0.15) is 0 Å². The molecule has 1 aromatic carbocycles. The molecule has 0 bridgehead atoms. The third-order valence-electron chi connectivity index (χ3n) is 3.14. The molecule has 0 atom stereocenters. The normalized spacial score (nSPS) is 16.4. The van der Waals surface area contributed by atoms with Crippen LogP contribution in [0, 0.1) is 0 Å². The Kier molecular flexibility index (Phi) is 4.43. The van der Waals surface area contributed by atoms with E-state index in [1.165, 1.54) is 12.8 Å². The van der Waals surface area contributed by atoms with Gasteiger partial charge in [-0.3, -0.25) is 4.79 Å². The topological polar surface area (TPSA) is 29.1 Å². The van der Waals surface area contributed by atoms with Crippen LogP contribution in [0.25, 0.3) is 0 Å². The number of Topliss-reactive ketones (excluding diaryl/α,β-unsaturated/α-hetero) is 1. The van der Waals surface area contributed by atoms with Crippen molar-refractivity contribution in [2.24, 2.45) is 0 Å². The van der Waals surface area contributed by atoms with Crippen molar-refractivity contribution in [3.05, 3.63) is 33.8 Å². The zero-order chi connectivity index (χ0) is 12.3. The van der Waals surface area contributed by atoms with Crippen LogP contribution in [0.15, 0.2) is 18.2 Å². The van der Waals surface area contributed by atoms with Crippen molar-refractivity contribution < 1.29 is 4.79 Å². The maximum Gasteiger partial charge on any atom is 0.178 e. The Hall–Kier alpha value is -0.570. The van der Waals surface area contributed by atoms with Gasteiger partial charge in [0.2, 0.25) is 0 Å². The van der Waals surface area contributed by atoms with Crippen molar-refractivity contribution in [3.8, 4) is 0 Å². The van der Waals surface area contributed by atoms with Gasteiger partial charge in [-0.05, 0) is 31.0 Å². The van der Waals surface area contributed by atoms with Gasteiger partial charge in [0, 0.05) is 16.6 Å². The van der Waals surface area contributed by atoms with Crippen molar-refractivity contribution in [2.75, 3.05) is 6.54 Å². The van der Waals surface area contributed by atoms with Crippen LogP contribution < -0.4 is 5.32 Å². The van der Waals surface area contributed by atoms with E-state index in [0.29, 0.717) is 28.2 Å². The SMILES string of the molecule is O=C(CNC1CCCC1)c1cc(Cl)ccc1Cl. The summed E-state index contributed by atoms with van der Waals surface area (Å²) in [5.74, 6) is 0.00407. The van der Waals surface area contributed by atoms with Crippen LogP contribution >= 0.6 is 23.2 Å². The molecule has 0 unspecified atom stereocenters. The third kappa shape index (κ3) is 3.44. The van der Waals surface area contributed by atoms with Crippen molar-refractivity contribution >= 4 is 29.0 Å². The highest BCUT2D eigenvalue weighted by Crippen LogP contribution is 2.21. The molecule has 17 heavy (non-hydrogen) atoms. The van der Waals surface area contributed by atoms with Gasteiger partial charge < -0.3 is 5.32 Å². The fourth-order valence-corrected chi connectivity index (χ4v) is 2.57. The molecule has 1 fully saturated rings. The summed E-state index contributed by atoms with van der Waals surface area (Å²) in [7, 11) is 0. The van der Waals surface area contributed by atoms with Crippen molar-refractivity contribution in [3.63, 3.8) is 0 Å². The lowest BCUT2D eigenvalue weighted by atomic mass is 10.1. The smallest absolute Gasteiger partial charge is 0.178 e. The fourth-order valence-electron chi connectivity index (χ4n) is 2.17. The molecular formula is C13H15Cl2NO. The first-order valence-electron chi connectivity index (χ1n) is 5.88. The van der Waals surface area contributed by atoms with Gasteiger partial charge in [-0.2, -0.15) is 0 Å². The maximum atomic E-state index is 12.0. The quantitative estimate of drug-likeness (QED) is 0.846. The predicted molar refractivity (Wildman–Crippen MR) is 71.1 cm³/mol. The first-order valence-corrected chi connectivity index (χ1v) is 6.64. The molecule has 0 amide bonds. The Morgan fingerprint density at radius 2 is 2.00 bits per heavy atom. The molecule has 0 radical (unpaired) electrons. The Balaban J connectivity index is 1.96. The number of benzene rings is 1. The van der Waals surface area contributed by atoms with Gasteiger partial charge in [-0.25, -0.2) is 0 Å². The molecular weight excluding hydrogens is 257 g/mol. The molecule has 0 aliphatic heterocycles. The van der Waals surface area contributed by atoms with Crippen LogP contribution in [-0.4, -0.2) is 18.4 Å². The van der Waals surface area contributed by atoms with Gasteiger partial charge in [0.25, 0.3) is 0 Å². The molecule has 92 valence electrons. The van der Waals surface area contributed by atoms with E-state index >= 15 is 0 Å². The van der Waals surface area contributed by atoms with E-state index < -0.39 is 0 Å². The van der Waals surface area contributed by atoms with Gasteiger partial charge in [0.05, 0.1) is 11.6 Å². The lowest BCUT2D eigenvalue weighted by Crippen LogP contribution is -2.31. The molecule has 2 nitrogen and oxygen atoms in total. The molecule has 1 aromatic rings. The number of carbonyl (C=O) groups excluding carboxylic acids is 1. The predicted octanol–water partition coefficient (Wildman–Crippen LogP) is 3.71. The van der Waals surface area contributed by atoms with Crippen molar-refractivity contribution in [1.82, 2.24) is 5.32 Å². The molecule has 0 heterocycles. The zero-order valence-electron chi connectivity index (χ0n) is 9.51.